The predicted molar refractivity (Wildman–Crippen MR) is 71.4 cm³/mol. The second-order valence-corrected chi connectivity index (χ2v) is 4.84. The molecule has 114 valence electrons. The normalized spacial score (nSPS) is 11.5. The Morgan fingerprint density at radius 2 is 2.00 bits per heavy atom. The summed E-state index contributed by atoms with van der Waals surface area (Å²) in [5.74, 6) is -4.61. The third-order valence-electron chi connectivity index (χ3n) is 2.26. The van der Waals surface area contributed by atoms with Crippen LogP contribution in [0.25, 0.3) is 0 Å². The van der Waals surface area contributed by atoms with E-state index in [2.05, 4.69) is 15.9 Å². The van der Waals surface area contributed by atoms with Gasteiger partial charge in [-0.25, -0.2) is 9.18 Å². The molecule has 1 amide bonds. The molecule has 1 atom stereocenters. The number of hydrogen-bond donors (Lipinski definition) is 3. The van der Waals surface area contributed by atoms with Gasteiger partial charge in [-0.1, -0.05) is 15.9 Å². The summed E-state index contributed by atoms with van der Waals surface area (Å²) in [5.41, 5.74) is 0. The molecule has 1 aromatic rings. The summed E-state index contributed by atoms with van der Waals surface area (Å²) in [7, 11) is 0. The molecule has 0 aliphatic carbocycles. The third kappa shape index (κ3) is 5.78. The maximum atomic E-state index is 13.4. The molecule has 1 rings (SSSR count). The summed E-state index contributed by atoms with van der Waals surface area (Å²) in [6.45, 7) is -0.637. The van der Waals surface area contributed by atoms with Crippen molar-refractivity contribution in [1.82, 2.24) is 5.32 Å². The van der Waals surface area contributed by atoms with Crippen LogP contribution in [0.4, 0.5) is 4.39 Å². The lowest BCUT2D eigenvalue weighted by Gasteiger charge is -2.13. The number of carbonyl (C=O) groups is 3. The van der Waals surface area contributed by atoms with Gasteiger partial charge in [-0.05, 0) is 18.2 Å². The number of benzene rings is 1. The van der Waals surface area contributed by atoms with Crippen molar-refractivity contribution in [3.8, 4) is 5.75 Å². The molecule has 0 saturated heterocycles. The van der Waals surface area contributed by atoms with Gasteiger partial charge in [0.05, 0.1) is 6.42 Å². The van der Waals surface area contributed by atoms with E-state index in [9.17, 15) is 18.8 Å². The van der Waals surface area contributed by atoms with Crippen LogP contribution in [0.1, 0.15) is 6.42 Å². The van der Waals surface area contributed by atoms with Crippen LogP contribution in [-0.2, 0) is 14.4 Å². The molecule has 21 heavy (non-hydrogen) atoms. The van der Waals surface area contributed by atoms with E-state index < -0.39 is 42.7 Å². The average Bonchev–Trinajstić information content (AvgIpc) is 2.36. The van der Waals surface area contributed by atoms with E-state index in [1.54, 1.807) is 0 Å². The van der Waals surface area contributed by atoms with Crippen LogP contribution in [0, 0.1) is 5.82 Å². The quantitative estimate of drug-likeness (QED) is 0.666. The number of carboxylic acid groups (broad SMARTS) is 2. The smallest absolute Gasteiger partial charge is 0.326 e. The van der Waals surface area contributed by atoms with E-state index in [0.29, 0.717) is 4.47 Å². The van der Waals surface area contributed by atoms with Crippen molar-refractivity contribution >= 4 is 33.8 Å². The van der Waals surface area contributed by atoms with Gasteiger partial charge in [0, 0.05) is 4.47 Å². The molecule has 0 spiro atoms. The van der Waals surface area contributed by atoms with Crippen LogP contribution < -0.4 is 10.1 Å². The van der Waals surface area contributed by atoms with Crippen LogP contribution in [-0.4, -0.2) is 40.7 Å². The molecule has 0 fully saturated rings. The summed E-state index contributed by atoms with van der Waals surface area (Å²) in [5, 5.41) is 19.2. The van der Waals surface area contributed by atoms with Gasteiger partial charge in [-0.15, -0.1) is 0 Å². The first-order chi connectivity index (χ1) is 9.79. The molecular formula is C12H11BrFNO6. The summed E-state index contributed by atoms with van der Waals surface area (Å²) in [4.78, 5) is 32.7. The van der Waals surface area contributed by atoms with E-state index in [0.717, 1.165) is 6.07 Å². The molecule has 7 nitrogen and oxygen atoms in total. The SMILES string of the molecule is O=C(O)C[C@@H](NC(=O)COc1ccc(Br)cc1F)C(=O)O. The highest BCUT2D eigenvalue weighted by Crippen LogP contribution is 2.21. The Morgan fingerprint density at radius 3 is 2.52 bits per heavy atom. The first-order valence-electron chi connectivity index (χ1n) is 5.61. The zero-order valence-electron chi connectivity index (χ0n) is 10.5. The van der Waals surface area contributed by atoms with Crippen LogP contribution in [0.3, 0.4) is 0 Å². The number of aliphatic carboxylic acids is 2. The molecule has 0 unspecified atom stereocenters. The molecule has 3 N–H and O–H groups in total. The Morgan fingerprint density at radius 1 is 1.33 bits per heavy atom. The lowest BCUT2D eigenvalue weighted by molar-refractivity contribution is -0.147. The number of amides is 1. The molecule has 9 heteroatoms. The number of hydrogen-bond acceptors (Lipinski definition) is 4. The Bertz CT molecular complexity index is 565. The number of halogens is 2. The number of carboxylic acids is 2. The molecule has 0 bridgehead atoms. The summed E-state index contributed by atoms with van der Waals surface area (Å²) in [6.07, 6.45) is -0.770. The minimum absolute atomic E-state index is 0.182. The molecule has 1 aromatic carbocycles. The molecule has 0 aromatic heterocycles. The fourth-order valence-corrected chi connectivity index (χ4v) is 1.68. The minimum Gasteiger partial charge on any atom is -0.481 e. The van der Waals surface area contributed by atoms with E-state index in [4.69, 9.17) is 14.9 Å². The van der Waals surface area contributed by atoms with Crippen molar-refractivity contribution in [1.29, 1.82) is 0 Å². The monoisotopic (exact) mass is 363 g/mol. The lowest BCUT2D eigenvalue weighted by Crippen LogP contribution is -2.44. The highest BCUT2D eigenvalue weighted by atomic mass is 79.9. The number of rotatable bonds is 7. The fraction of sp³-hybridized carbons (Fsp3) is 0.250. The first kappa shape index (κ1) is 16.9. The van der Waals surface area contributed by atoms with Gasteiger partial charge in [0.1, 0.15) is 6.04 Å². The summed E-state index contributed by atoms with van der Waals surface area (Å²) < 4.78 is 18.8. The zero-order valence-corrected chi connectivity index (χ0v) is 12.1. The molecule has 0 aliphatic rings. The molecule has 0 heterocycles. The molecule has 0 aliphatic heterocycles. The minimum atomic E-state index is -1.58. The van der Waals surface area contributed by atoms with E-state index in [-0.39, 0.29) is 5.75 Å². The van der Waals surface area contributed by atoms with Crippen LogP contribution in [0.2, 0.25) is 0 Å². The number of carbonyl (C=O) groups excluding carboxylic acids is 1. The third-order valence-corrected chi connectivity index (χ3v) is 2.76. The van der Waals surface area contributed by atoms with E-state index in [1.807, 2.05) is 5.32 Å². The standard InChI is InChI=1S/C12H11BrFNO6/c13-6-1-2-9(7(14)3-6)21-5-10(16)15-8(12(19)20)4-11(17)18/h1-3,8H,4-5H2,(H,15,16)(H,17,18)(H,19,20)/t8-/m1/s1. The van der Waals surface area contributed by atoms with Gasteiger partial charge in [0.2, 0.25) is 0 Å². The van der Waals surface area contributed by atoms with Crippen molar-refractivity contribution in [3.05, 3.63) is 28.5 Å². The van der Waals surface area contributed by atoms with Gasteiger partial charge in [-0.3, -0.25) is 9.59 Å². The van der Waals surface area contributed by atoms with Gasteiger partial charge in [0.25, 0.3) is 5.91 Å². The van der Waals surface area contributed by atoms with Crippen molar-refractivity contribution in [3.63, 3.8) is 0 Å². The molecule has 0 saturated carbocycles. The Kier molecular flexibility index (Phi) is 6.10. The highest BCUT2D eigenvalue weighted by Gasteiger charge is 2.23. The van der Waals surface area contributed by atoms with Crippen LogP contribution >= 0.6 is 15.9 Å². The Hall–Kier alpha value is -2.16. The summed E-state index contributed by atoms with van der Waals surface area (Å²) in [6, 6.07) is 2.35. The maximum absolute atomic E-state index is 13.4. The van der Waals surface area contributed by atoms with E-state index in [1.165, 1.54) is 12.1 Å². The topological polar surface area (TPSA) is 113 Å². The van der Waals surface area contributed by atoms with Crippen molar-refractivity contribution < 1.29 is 33.7 Å². The Balaban J connectivity index is 2.56. The maximum Gasteiger partial charge on any atom is 0.326 e. The van der Waals surface area contributed by atoms with Crippen molar-refractivity contribution in [2.24, 2.45) is 0 Å². The predicted octanol–water partition coefficient (Wildman–Crippen LogP) is 1.01. The summed E-state index contributed by atoms with van der Waals surface area (Å²) >= 11 is 3.05. The van der Waals surface area contributed by atoms with Gasteiger partial charge in [-0.2, -0.15) is 0 Å². The zero-order chi connectivity index (χ0) is 16.0. The van der Waals surface area contributed by atoms with Gasteiger partial charge < -0.3 is 20.3 Å². The second-order valence-electron chi connectivity index (χ2n) is 3.92. The molecule has 0 radical (unpaired) electrons. The fourth-order valence-electron chi connectivity index (χ4n) is 1.35. The average molecular weight is 364 g/mol. The molecular weight excluding hydrogens is 353 g/mol. The first-order valence-corrected chi connectivity index (χ1v) is 6.40. The second kappa shape index (κ2) is 7.58. The van der Waals surface area contributed by atoms with Gasteiger partial charge in [0.15, 0.2) is 18.2 Å². The van der Waals surface area contributed by atoms with Crippen LogP contribution in [0.15, 0.2) is 22.7 Å². The van der Waals surface area contributed by atoms with Crippen molar-refractivity contribution in [2.45, 2.75) is 12.5 Å². The highest BCUT2D eigenvalue weighted by molar-refractivity contribution is 9.10. The number of nitrogens with one attached hydrogen (secondary N) is 1. The van der Waals surface area contributed by atoms with E-state index >= 15 is 0 Å². The largest absolute Gasteiger partial charge is 0.481 e. The lowest BCUT2D eigenvalue weighted by atomic mass is 10.2. The Labute approximate surface area is 126 Å². The van der Waals surface area contributed by atoms with Gasteiger partial charge >= 0.3 is 11.9 Å². The van der Waals surface area contributed by atoms with Crippen molar-refractivity contribution in [2.75, 3.05) is 6.61 Å². The van der Waals surface area contributed by atoms with Crippen LogP contribution in [0.5, 0.6) is 5.75 Å². The number of ether oxygens (including phenoxy) is 1.